The molecule has 1 aromatic rings. The molecule has 0 bridgehead atoms. The normalized spacial score (nSPS) is 17.5. The van der Waals surface area contributed by atoms with Gasteiger partial charge in [-0.3, -0.25) is 0 Å². The van der Waals surface area contributed by atoms with Gasteiger partial charge in [-0.05, 0) is 37.8 Å². The summed E-state index contributed by atoms with van der Waals surface area (Å²) >= 11 is 1.84. The van der Waals surface area contributed by atoms with Crippen LogP contribution in [0.2, 0.25) is 0 Å². The highest BCUT2D eigenvalue weighted by atomic mass is 32.1. The maximum absolute atomic E-state index is 6.02. The number of rotatable bonds is 3. The molecule has 0 atom stereocenters. The van der Waals surface area contributed by atoms with E-state index in [0.717, 1.165) is 32.0 Å². The molecule has 2 heterocycles. The topological polar surface area (TPSA) is 41.6 Å². The SMILES string of the molecule is CCc1ccc(CN=C(N)N2CCCCC2)s1. The van der Waals surface area contributed by atoms with Crippen LogP contribution in [0.25, 0.3) is 0 Å². The molecule has 0 spiro atoms. The summed E-state index contributed by atoms with van der Waals surface area (Å²) in [4.78, 5) is 9.43. The van der Waals surface area contributed by atoms with E-state index in [9.17, 15) is 0 Å². The largest absolute Gasteiger partial charge is 0.370 e. The highest BCUT2D eigenvalue weighted by molar-refractivity contribution is 7.11. The summed E-state index contributed by atoms with van der Waals surface area (Å²) in [6.45, 7) is 5.05. The van der Waals surface area contributed by atoms with Crippen LogP contribution in [0.3, 0.4) is 0 Å². The van der Waals surface area contributed by atoms with Gasteiger partial charge in [0.25, 0.3) is 0 Å². The molecule has 1 aromatic heterocycles. The standard InChI is InChI=1S/C13H21N3S/c1-2-11-6-7-12(17-11)10-15-13(14)16-8-4-3-5-9-16/h6-7H,2-5,8-10H2,1H3,(H2,14,15). The van der Waals surface area contributed by atoms with Gasteiger partial charge in [-0.1, -0.05) is 6.92 Å². The molecular weight excluding hydrogens is 230 g/mol. The fourth-order valence-corrected chi connectivity index (χ4v) is 2.96. The van der Waals surface area contributed by atoms with Gasteiger partial charge >= 0.3 is 0 Å². The number of piperidine rings is 1. The van der Waals surface area contributed by atoms with Crippen molar-refractivity contribution in [1.29, 1.82) is 0 Å². The Morgan fingerprint density at radius 1 is 1.29 bits per heavy atom. The zero-order valence-corrected chi connectivity index (χ0v) is 11.3. The number of hydrogen-bond acceptors (Lipinski definition) is 2. The molecule has 1 saturated heterocycles. The molecule has 0 radical (unpaired) electrons. The van der Waals surface area contributed by atoms with Gasteiger partial charge in [0.2, 0.25) is 0 Å². The minimum absolute atomic E-state index is 0.719. The lowest BCUT2D eigenvalue weighted by Gasteiger charge is -2.27. The molecule has 0 saturated carbocycles. The lowest BCUT2D eigenvalue weighted by atomic mass is 10.1. The Balaban J connectivity index is 1.90. The van der Waals surface area contributed by atoms with Gasteiger partial charge in [0, 0.05) is 22.8 Å². The van der Waals surface area contributed by atoms with Crippen molar-refractivity contribution in [2.45, 2.75) is 39.2 Å². The molecule has 1 fully saturated rings. The molecule has 0 aromatic carbocycles. The van der Waals surface area contributed by atoms with Gasteiger partial charge in [0.15, 0.2) is 5.96 Å². The van der Waals surface area contributed by atoms with Crippen LogP contribution in [0.15, 0.2) is 17.1 Å². The summed E-state index contributed by atoms with van der Waals surface area (Å²) in [6.07, 6.45) is 4.93. The Bertz CT molecular complexity index is 378. The van der Waals surface area contributed by atoms with E-state index in [0.29, 0.717) is 0 Å². The van der Waals surface area contributed by atoms with Crippen molar-refractivity contribution < 1.29 is 0 Å². The molecule has 94 valence electrons. The molecule has 2 rings (SSSR count). The Kier molecular flexibility index (Phi) is 4.42. The predicted octanol–water partition coefficient (Wildman–Crippen LogP) is 2.61. The Labute approximate surface area is 107 Å². The van der Waals surface area contributed by atoms with Crippen LogP contribution in [-0.4, -0.2) is 23.9 Å². The summed E-state index contributed by atoms with van der Waals surface area (Å²) in [7, 11) is 0. The molecule has 1 aliphatic rings. The van der Waals surface area contributed by atoms with E-state index >= 15 is 0 Å². The number of aliphatic imine (C=N–C) groups is 1. The molecule has 0 unspecified atom stereocenters. The van der Waals surface area contributed by atoms with Crippen molar-refractivity contribution in [2.24, 2.45) is 10.7 Å². The van der Waals surface area contributed by atoms with E-state index < -0.39 is 0 Å². The number of nitrogens with two attached hydrogens (primary N) is 1. The van der Waals surface area contributed by atoms with Gasteiger partial charge in [0.1, 0.15) is 0 Å². The minimum Gasteiger partial charge on any atom is -0.370 e. The van der Waals surface area contributed by atoms with Crippen LogP contribution in [0, 0.1) is 0 Å². The third-order valence-electron chi connectivity index (χ3n) is 3.14. The zero-order chi connectivity index (χ0) is 12.1. The predicted molar refractivity (Wildman–Crippen MR) is 74.4 cm³/mol. The molecule has 1 aliphatic heterocycles. The number of aryl methyl sites for hydroxylation is 1. The van der Waals surface area contributed by atoms with Crippen LogP contribution in [-0.2, 0) is 13.0 Å². The van der Waals surface area contributed by atoms with Crippen molar-refractivity contribution in [1.82, 2.24) is 4.90 Å². The van der Waals surface area contributed by atoms with Gasteiger partial charge in [-0.15, -0.1) is 11.3 Å². The fraction of sp³-hybridized carbons (Fsp3) is 0.615. The van der Waals surface area contributed by atoms with E-state index in [4.69, 9.17) is 5.73 Å². The lowest BCUT2D eigenvalue weighted by Crippen LogP contribution is -2.40. The quantitative estimate of drug-likeness (QED) is 0.663. The smallest absolute Gasteiger partial charge is 0.191 e. The Morgan fingerprint density at radius 2 is 2.00 bits per heavy atom. The maximum Gasteiger partial charge on any atom is 0.191 e. The third-order valence-corrected chi connectivity index (χ3v) is 4.36. The van der Waals surface area contributed by atoms with E-state index in [1.165, 1.54) is 29.0 Å². The van der Waals surface area contributed by atoms with E-state index in [1.54, 1.807) is 0 Å². The first kappa shape index (κ1) is 12.4. The second kappa shape index (κ2) is 6.05. The van der Waals surface area contributed by atoms with Gasteiger partial charge < -0.3 is 10.6 Å². The second-order valence-corrected chi connectivity index (χ2v) is 5.70. The van der Waals surface area contributed by atoms with Gasteiger partial charge in [0.05, 0.1) is 6.54 Å². The van der Waals surface area contributed by atoms with Crippen molar-refractivity contribution in [2.75, 3.05) is 13.1 Å². The zero-order valence-electron chi connectivity index (χ0n) is 10.5. The molecular formula is C13H21N3S. The highest BCUT2D eigenvalue weighted by Crippen LogP contribution is 2.18. The van der Waals surface area contributed by atoms with Gasteiger partial charge in [-0.25, -0.2) is 4.99 Å². The summed E-state index contributed by atoms with van der Waals surface area (Å²) in [6, 6.07) is 4.35. The third kappa shape index (κ3) is 3.46. The minimum atomic E-state index is 0.719. The van der Waals surface area contributed by atoms with E-state index in [-0.39, 0.29) is 0 Å². The molecule has 0 amide bonds. The monoisotopic (exact) mass is 251 g/mol. The van der Waals surface area contributed by atoms with Crippen LogP contribution in [0.4, 0.5) is 0 Å². The van der Waals surface area contributed by atoms with Crippen molar-refractivity contribution in [3.63, 3.8) is 0 Å². The average molecular weight is 251 g/mol. The molecule has 0 aliphatic carbocycles. The lowest BCUT2D eigenvalue weighted by molar-refractivity contribution is 0.338. The molecule has 4 heteroatoms. The van der Waals surface area contributed by atoms with Crippen LogP contribution >= 0.6 is 11.3 Å². The number of hydrogen-bond donors (Lipinski definition) is 1. The number of guanidine groups is 1. The van der Waals surface area contributed by atoms with Crippen LogP contribution in [0.5, 0.6) is 0 Å². The average Bonchev–Trinajstić information content (AvgIpc) is 2.85. The first-order chi connectivity index (χ1) is 8.29. The molecule has 3 nitrogen and oxygen atoms in total. The highest BCUT2D eigenvalue weighted by Gasteiger charge is 2.11. The first-order valence-electron chi connectivity index (χ1n) is 6.42. The fourth-order valence-electron chi connectivity index (χ4n) is 2.08. The van der Waals surface area contributed by atoms with E-state index in [2.05, 4.69) is 28.9 Å². The van der Waals surface area contributed by atoms with Crippen molar-refractivity contribution in [3.8, 4) is 0 Å². The Hall–Kier alpha value is -1.03. The number of likely N-dealkylation sites (tertiary alicyclic amines) is 1. The van der Waals surface area contributed by atoms with Crippen molar-refractivity contribution in [3.05, 3.63) is 21.9 Å². The summed E-state index contributed by atoms with van der Waals surface area (Å²) < 4.78 is 0. The summed E-state index contributed by atoms with van der Waals surface area (Å²) in [5.74, 6) is 0.719. The summed E-state index contributed by atoms with van der Waals surface area (Å²) in [5, 5.41) is 0. The van der Waals surface area contributed by atoms with Crippen molar-refractivity contribution >= 4 is 17.3 Å². The first-order valence-corrected chi connectivity index (χ1v) is 7.23. The molecule has 17 heavy (non-hydrogen) atoms. The molecule has 2 N–H and O–H groups in total. The number of nitrogens with zero attached hydrogens (tertiary/aromatic N) is 2. The Morgan fingerprint density at radius 3 is 2.65 bits per heavy atom. The van der Waals surface area contributed by atoms with E-state index in [1.807, 2.05) is 11.3 Å². The van der Waals surface area contributed by atoms with Crippen LogP contribution < -0.4 is 5.73 Å². The van der Waals surface area contributed by atoms with Gasteiger partial charge in [-0.2, -0.15) is 0 Å². The number of thiophene rings is 1. The maximum atomic E-state index is 6.02. The second-order valence-electron chi connectivity index (χ2n) is 4.44. The summed E-state index contributed by atoms with van der Waals surface area (Å²) in [5.41, 5.74) is 6.02. The van der Waals surface area contributed by atoms with Crippen LogP contribution in [0.1, 0.15) is 35.9 Å².